The van der Waals surface area contributed by atoms with E-state index in [2.05, 4.69) is 4.98 Å². The van der Waals surface area contributed by atoms with Gasteiger partial charge >= 0.3 is 0 Å². The zero-order valence-electron chi connectivity index (χ0n) is 10.8. The van der Waals surface area contributed by atoms with E-state index in [9.17, 15) is 9.18 Å². The van der Waals surface area contributed by atoms with Crippen molar-refractivity contribution in [1.82, 2.24) is 9.88 Å². The Kier molecular flexibility index (Phi) is 4.20. The summed E-state index contributed by atoms with van der Waals surface area (Å²) in [6, 6.07) is 8.21. The van der Waals surface area contributed by atoms with Crippen LogP contribution in [0.2, 0.25) is 5.02 Å². The summed E-state index contributed by atoms with van der Waals surface area (Å²) in [5.41, 5.74) is 6.57. The highest BCUT2D eigenvalue weighted by molar-refractivity contribution is 6.30. The lowest BCUT2D eigenvalue weighted by Crippen LogP contribution is -2.27. The first-order valence-electron chi connectivity index (χ1n) is 5.88. The number of anilines is 1. The van der Waals surface area contributed by atoms with Crippen LogP contribution < -0.4 is 5.73 Å². The van der Waals surface area contributed by atoms with E-state index in [0.717, 1.165) is 17.8 Å². The van der Waals surface area contributed by atoms with Crippen LogP contribution >= 0.6 is 11.6 Å². The molecule has 1 amide bonds. The van der Waals surface area contributed by atoms with E-state index in [0.29, 0.717) is 11.6 Å². The summed E-state index contributed by atoms with van der Waals surface area (Å²) in [4.78, 5) is 17.3. The van der Waals surface area contributed by atoms with Crippen LogP contribution in [-0.2, 0) is 6.54 Å². The highest BCUT2D eigenvalue weighted by Gasteiger charge is 2.16. The first-order chi connectivity index (χ1) is 9.47. The summed E-state index contributed by atoms with van der Waals surface area (Å²) in [5, 5.41) is 0.626. The summed E-state index contributed by atoms with van der Waals surface area (Å²) in [6.45, 7) is 0.367. The monoisotopic (exact) mass is 293 g/mol. The molecule has 0 saturated heterocycles. The molecule has 0 aliphatic heterocycles. The lowest BCUT2D eigenvalue weighted by molar-refractivity contribution is 0.0785. The van der Waals surface area contributed by atoms with Crippen LogP contribution in [-0.4, -0.2) is 22.8 Å². The fourth-order valence-electron chi connectivity index (χ4n) is 1.76. The second-order valence-electron chi connectivity index (χ2n) is 4.37. The van der Waals surface area contributed by atoms with E-state index >= 15 is 0 Å². The fourth-order valence-corrected chi connectivity index (χ4v) is 1.89. The minimum absolute atomic E-state index is 0.0133. The van der Waals surface area contributed by atoms with Crippen molar-refractivity contribution in [3.05, 3.63) is 58.5 Å². The molecule has 0 atom stereocenters. The van der Waals surface area contributed by atoms with E-state index in [1.54, 1.807) is 19.2 Å². The second-order valence-corrected chi connectivity index (χ2v) is 4.81. The highest BCUT2D eigenvalue weighted by Crippen LogP contribution is 2.15. The Morgan fingerprint density at radius 2 is 2.05 bits per heavy atom. The first kappa shape index (κ1) is 14.3. The van der Waals surface area contributed by atoms with Crippen LogP contribution in [0.1, 0.15) is 15.9 Å². The SMILES string of the molecule is CN(Cc1ccc(Cl)cc1)C(=O)c1cc(F)cnc1N. The number of hydrogen-bond acceptors (Lipinski definition) is 3. The van der Waals surface area contributed by atoms with Gasteiger partial charge in [-0.15, -0.1) is 0 Å². The van der Waals surface area contributed by atoms with Crippen molar-refractivity contribution < 1.29 is 9.18 Å². The minimum Gasteiger partial charge on any atom is -0.383 e. The molecule has 20 heavy (non-hydrogen) atoms. The lowest BCUT2D eigenvalue weighted by Gasteiger charge is -2.18. The number of carbonyl (C=O) groups is 1. The maximum atomic E-state index is 13.1. The first-order valence-corrected chi connectivity index (χ1v) is 6.26. The number of nitrogens with zero attached hydrogens (tertiary/aromatic N) is 2. The minimum atomic E-state index is -0.595. The summed E-state index contributed by atoms with van der Waals surface area (Å²) < 4.78 is 13.1. The molecule has 2 N–H and O–H groups in total. The smallest absolute Gasteiger partial charge is 0.257 e. The molecular weight excluding hydrogens is 281 g/mol. The van der Waals surface area contributed by atoms with Crippen molar-refractivity contribution in [2.24, 2.45) is 0 Å². The van der Waals surface area contributed by atoms with Gasteiger partial charge in [0.05, 0.1) is 11.8 Å². The van der Waals surface area contributed by atoms with Crippen molar-refractivity contribution in [2.45, 2.75) is 6.54 Å². The summed E-state index contributed by atoms with van der Waals surface area (Å²) in [6.07, 6.45) is 0.977. The van der Waals surface area contributed by atoms with Gasteiger partial charge in [0.1, 0.15) is 11.6 Å². The molecule has 0 saturated carbocycles. The van der Waals surface area contributed by atoms with Crippen molar-refractivity contribution in [2.75, 3.05) is 12.8 Å². The number of nitrogen functional groups attached to an aromatic ring is 1. The molecule has 2 rings (SSSR count). The number of carbonyl (C=O) groups excluding carboxylic acids is 1. The van der Waals surface area contributed by atoms with Gasteiger partial charge in [-0.1, -0.05) is 23.7 Å². The van der Waals surface area contributed by atoms with Crippen molar-refractivity contribution in [3.8, 4) is 0 Å². The molecule has 1 aromatic heterocycles. The summed E-state index contributed by atoms with van der Waals surface area (Å²) >= 11 is 5.80. The van der Waals surface area contributed by atoms with Crippen molar-refractivity contribution in [3.63, 3.8) is 0 Å². The van der Waals surface area contributed by atoms with Gasteiger partial charge in [0.2, 0.25) is 0 Å². The molecule has 1 heterocycles. The third kappa shape index (κ3) is 3.24. The normalized spacial score (nSPS) is 10.3. The number of hydrogen-bond donors (Lipinski definition) is 1. The zero-order chi connectivity index (χ0) is 14.7. The molecule has 0 spiro atoms. The van der Waals surface area contributed by atoms with Gasteiger partial charge in [0, 0.05) is 18.6 Å². The number of amides is 1. The fraction of sp³-hybridized carbons (Fsp3) is 0.143. The number of benzene rings is 1. The lowest BCUT2D eigenvalue weighted by atomic mass is 10.2. The molecular formula is C14H13ClFN3O. The molecule has 0 radical (unpaired) electrons. The van der Waals surface area contributed by atoms with Gasteiger partial charge in [-0.25, -0.2) is 9.37 Å². The Morgan fingerprint density at radius 1 is 1.40 bits per heavy atom. The molecule has 2 aromatic rings. The zero-order valence-corrected chi connectivity index (χ0v) is 11.6. The van der Waals surface area contributed by atoms with E-state index in [4.69, 9.17) is 17.3 Å². The van der Waals surface area contributed by atoms with Gasteiger partial charge in [0.25, 0.3) is 5.91 Å². The molecule has 0 fully saturated rings. The van der Waals surface area contributed by atoms with Crippen LogP contribution in [0.15, 0.2) is 36.5 Å². The molecule has 0 bridgehead atoms. The molecule has 0 unspecified atom stereocenters. The molecule has 104 valence electrons. The van der Waals surface area contributed by atoms with E-state index in [1.165, 1.54) is 4.90 Å². The Hall–Kier alpha value is -2.14. The third-order valence-electron chi connectivity index (χ3n) is 2.80. The maximum Gasteiger partial charge on any atom is 0.257 e. The molecule has 6 heteroatoms. The Bertz CT molecular complexity index is 631. The van der Waals surface area contributed by atoms with Crippen molar-refractivity contribution in [1.29, 1.82) is 0 Å². The Balaban J connectivity index is 2.16. The number of pyridine rings is 1. The number of aromatic nitrogens is 1. The predicted molar refractivity (Wildman–Crippen MR) is 75.9 cm³/mol. The Labute approximate surface area is 121 Å². The second kappa shape index (κ2) is 5.88. The van der Waals surface area contributed by atoms with Gasteiger partial charge in [-0.3, -0.25) is 4.79 Å². The van der Waals surface area contributed by atoms with Crippen LogP contribution in [0, 0.1) is 5.82 Å². The van der Waals surface area contributed by atoms with Crippen LogP contribution in [0.5, 0.6) is 0 Å². The van der Waals surface area contributed by atoms with Crippen LogP contribution in [0.25, 0.3) is 0 Å². The van der Waals surface area contributed by atoms with Gasteiger partial charge in [-0.2, -0.15) is 0 Å². The topological polar surface area (TPSA) is 59.2 Å². The largest absolute Gasteiger partial charge is 0.383 e. The maximum absolute atomic E-state index is 13.1. The number of nitrogens with two attached hydrogens (primary N) is 1. The average molecular weight is 294 g/mol. The van der Waals surface area contributed by atoms with E-state index < -0.39 is 5.82 Å². The molecule has 0 aliphatic rings. The highest BCUT2D eigenvalue weighted by atomic mass is 35.5. The van der Waals surface area contributed by atoms with Gasteiger partial charge < -0.3 is 10.6 Å². The summed E-state index contributed by atoms with van der Waals surface area (Å²) in [5.74, 6) is -0.966. The van der Waals surface area contributed by atoms with Gasteiger partial charge in [0.15, 0.2) is 0 Å². The number of rotatable bonds is 3. The van der Waals surface area contributed by atoms with Crippen LogP contribution in [0.3, 0.4) is 0 Å². The molecule has 4 nitrogen and oxygen atoms in total. The van der Waals surface area contributed by atoms with E-state index in [1.807, 2.05) is 12.1 Å². The molecule has 1 aromatic carbocycles. The number of halogens is 2. The van der Waals surface area contributed by atoms with Crippen LogP contribution in [0.4, 0.5) is 10.2 Å². The third-order valence-corrected chi connectivity index (χ3v) is 3.05. The van der Waals surface area contributed by atoms with Gasteiger partial charge in [-0.05, 0) is 23.8 Å². The van der Waals surface area contributed by atoms with Crippen molar-refractivity contribution >= 4 is 23.3 Å². The molecule has 0 aliphatic carbocycles. The van der Waals surface area contributed by atoms with E-state index in [-0.39, 0.29) is 17.3 Å². The Morgan fingerprint density at radius 3 is 2.70 bits per heavy atom. The standard InChI is InChI=1S/C14H13ClFN3O/c1-19(8-9-2-4-10(15)5-3-9)14(20)12-6-11(16)7-18-13(12)17/h2-7H,8H2,1H3,(H2,17,18). The quantitative estimate of drug-likeness (QED) is 0.946. The summed E-state index contributed by atoms with van der Waals surface area (Å²) in [7, 11) is 1.61. The predicted octanol–water partition coefficient (Wildman–Crippen LogP) is 2.73. The average Bonchev–Trinajstić information content (AvgIpc) is 2.43.